The molecule has 1 aromatic rings. The van der Waals surface area contributed by atoms with Crippen molar-refractivity contribution in [1.82, 2.24) is 10.6 Å². The van der Waals surface area contributed by atoms with Crippen molar-refractivity contribution in [2.45, 2.75) is 39.3 Å². The summed E-state index contributed by atoms with van der Waals surface area (Å²) in [6.07, 6.45) is 3.00. The Labute approximate surface area is 139 Å². The van der Waals surface area contributed by atoms with Crippen LogP contribution >= 0.6 is 12.4 Å². The second kappa shape index (κ2) is 9.82. The van der Waals surface area contributed by atoms with Gasteiger partial charge in [-0.3, -0.25) is 4.79 Å². The van der Waals surface area contributed by atoms with Gasteiger partial charge in [0.05, 0.1) is 6.61 Å². The number of aliphatic hydroxyl groups is 1. The number of nitrogens with one attached hydrogen (secondary N) is 2. The number of carbonyl (C=O) groups excluding carboxylic acids is 1. The minimum Gasteiger partial charge on any atom is -0.392 e. The highest BCUT2D eigenvalue weighted by atomic mass is 35.5. The van der Waals surface area contributed by atoms with Crippen LogP contribution in [0, 0.1) is 11.8 Å². The van der Waals surface area contributed by atoms with Crippen LogP contribution < -0.4 is 10.6 Å². The van der Waals surface area contributed by atoms with E-state index in [1.807, 2.05) is 24.3 Å². The zero-order chi connectivity index (χ0) is 15.1. The van der Waals surface area contributed by atoms with E-state index >= 15 is 0 Å². The molecule has 1 aromatic carbocycles. The van der Waals surface area contributed by atoms with Gasteiger partial charge in [-0.15, -0.1) is 12.4 Å². The lowest BCUT2D eigenvalue weighted by Gasteiger charge is -2.28. The monoisotopic (exact) mass is 326 g/mol. The Balaban J connectivity index is 0.00000242. The molecule has 1 fully saturated rings. The van der Waals surface area contributed by atoms with E-state index in [1.54, 1.807) is 0 Å². The molecular formula is C17H27ClN2O2. The van der Waals surface area contributed by atoms with E-state index in [4.69, 9.17) is 0 Å². The molecular weight excluding hydrogens is 300 g/mol. The number of hydrogen-bond acceptors (Lipinski definition) is 3. The molecule has 1 amide bonds. The summed E-state index contributed by atoms with van der Waals surface area (Å²) in [5.74, 6) is 1.11. The molecule has 0 aliphatic carbocycles. The van der Waals surface area contributed by atoms with E-state index < -0.39 is 0 Å². The minimum atomic E-state index is 0. The van der Waals surface area contributed by atoms with Gasteiger partial charge in [0, 0.05) is 13.0 Å². The highest BCUT2D eigenvalue weighted by Gasteiger charge is 2.21. The highest BCUT2D eigenvalue weighted by molar-refractivity contribution is 5.85. The Morgan fingerprint density at radius 1 is 1.41 bits per heavy atom. The van der Waals surface area contributed by atoms with Crippen LogP contribution in [0.3, 0.4) is 0 Å². The van der Waals surface area contributed by atoms with Gasteiger partial charge in [-0.05, 0) is 48.9 Å². The number of halogens is 1. The van der Waals surface area contributed by atoms with Crippen molar-refractivity contribution in [3.63, 3.8) is 0 Å². The zero-order valence-corrected chi connectivity index (χ0v) is 14.0. The van der Waals surface area contributed by atoms with Crippen molar-refractivity contribution < 1.29 is 9.90 Å². The number of piperidine rings is 1. The maximum absolute atomic E-state index is 12.1. The molecule has 4 nitrogen and oxygen atoms in total. The predicted octanol–water partition coefficient (Wildman–Crippen LogP) is 2.24. The van der Waals surface area contributed by atoms with E-state index in [-0.39, 0.29) is 24.9 Å². The maximum atomic E-state index is 12.1. The molecule has 1 aliphatic heterocycles. The Bertz CT molecular complexity index is 462. The summed E-state index contributed by atoms with van der Waals surface area (Å²) in [7, 11) is 0. The lowest BCUT2D eigenvalue weighted by Crippen LogP contribution is -2.35. The van der Waals surface area contributed by atoms with Gasteiger partial charge < -0.3 is 15.7 Å². The molecule has 1 heterocycles. The number of aliphatic hydroxyl groups excluding tert-OH is 1. The van der Waals surface area contributed by atoms with Crippen LogP contribution in [0.15, 0.2) is 24.3 Å². The fourth-order valence-electron chi connectivity index (χ4n) is 2.97. The maximum Gasteiger partial charge on any atom is 0.220 e. The Kier molecular flexibility index (Phi) is 8.46. The Hall–Kier alpha value is -1.10. The fourth-order valence-corrected chi connectivity index (χ4v) is 2.97. The quantitative estimate of drug-likeness (QED) is 0.751. The van der Waals surface area contributed by atoms with Gasteiger partial charge in [0.25, 0.3) is 0 Å². The smallest absolute Gasteiger partial charge is 0.220 e. The fraction of sp³-hybridized carbons (Fsp3) is 0.588. The lowest BCUT2D eigenvalue weighted by molar-refractivity contribution is -0.122. The first-order valence-corrected chi connectivity index (χ1v) is 7.85. The second-order valence-corrected chi connectivity index (χ2v) is 5.99. The standard InChI is InChI=1S/C17H26N2O2.ClH/c1-13(14-7-4-8-18-10-14)9-17(21)19-11-15-5-2-3-6-16(15)12-20;/h2-3,5-6,13-14,18,20H,4,7-12H2,1H3,(H,19,21);1H. The van der Waals surface area contributed by atoms with Crippen LogP contribution in [0.1, 0.15) is 37.3 Å². The first kappa shape index (κ1) is 18.9. The van der Waals surface area contributed by atoms with E-state index in [0.29, 0.717) is 24.8 Å². The summed E-state index contributed by atoms with van der Waals surface area (Å²) in [4.78, 5) is 12.1. The van der Waals surface area contributed by atoms with Crippen LogP contribution in [-0.2, 0) is 17.9 Å². The van der Waals surface area contributed by atoms with Crippen molar-refractivity contribution >= 4 is 18.3 Å². The largest absolute Gasteiger partial charge is 0.392 e. The van der Waals surface area contributed by atoms with Crippen molar-refractivity contribution in [2.24, 2.45) is 11.8 Å². The van der Waals surface area contributed by atoms with Crippen molar-refractivity contribution in [2.75, 3.05) is 13.1 Å². The molecule has 0 saturated carbocycles. The molecule has 0 radical (unpaired) electrons. The summed E-state index contributed by atoms with van der Waals surface area (Å²) < 4.78 is 0. The molecule has 1 saturated heterocycles. The average Bonchev–Trinajstić information content (AvgIpc) is 2.54. The van der Waals surface area contributed by atoms with Gasteiger partial charge in [-0.25, -0.2) is 0 Å². The van der Waals surface area contributed by atoms with Crippen molar-refractivity contribution in [1.29, 1.82) is 0 Å². The van der Waals surface area contributed by atoms with Gasteiger partial charge in [0.2, 0.25) is 5.91 Å². The molecule has 0 spiro atoms. The van der Waals surface area contributed by atoms with Crippen LogP contribution in [0.4, 0.5) is 0 Å². The van der Waals surface area contributed by atoms with Crippen LogP contribution in [0.5, 0.6) is 0 Å². The molecule has 22 heavy (non-hydrogen) atoms. The van der Waals surface area contributed by atoms with Crippen molar-refractivity contribution in [3.05, 3.63) is 35.4 Å². The molecule has 3 N–H and O–H groups in total. The summed E-state index contributed by atoms with van der Waals surface area (Å²) >= 11 is 0. The minimum absolute atomic E-state index is 0. The van der Waals surface area contributed by atoms with E-state index in [1.165, 1.54) is 12.8 Å². The Morgan fingerprint density at radius 2 is 2.14 bits per heavy atom. The normalized spacial score (nSPS) is 19.1. The molecule has 0 aromatic heterocycles. The predicted molar refractivity (Wildman–Crippen MR) is 90.8 cm³/mol. The summed E-state index contributed by atoms with van der Waals surface area (Å²) in [6, 6.07) is 7.66. The molecule has 2 rings (SSSR count). The molecule has 2 atom stereocenters. The summed E-state index contributed by atoms with van der Waals surface area (Å²) in [6.45, 7) is 4.80. The molecule has 124 valence electrons. The first-order valence-electron chi connectivity index (χ1n) is 7.85. The van der Waals surface area contributed by atoms with E-state index in [2.05, 4.69) is 17.6 Å². The number of hydrogen-bond donors (Lipinski definition) is 3. The molecule has 0 bridgehead atoms. The van der Waals surface area contributed by atoms with Crippen molar-refractivity contribution in [3.8, 4) is 0 Å². The number of amides is 1. The third-order valence-electron chi connectivity index (χ3n) is 4.41. The van der Waals surface area contributed by atoms with Gasteiger partial charge in [-0.2, -0.15) is 0 Å². The van der Waals surface area contributed by atoms with E-state index in [0.717, 1.165) is 24.2 Å². The number of benzene rings is 1. The number of carbonyl (C=O) groups is 1. The van der Waals surface area contributed by atoms with Gasteiger partial charge in [-0.1, -0.05) is 31.2 Å². The highest BCUT2D eigenvalue weighted by Crippen LogP contribution is 2.22. The van der Waals surface area contributed by atoms with E-state index in [9.17, 15) is 9.90 Å². The van der Waals surface area contributed by atoms with Crippen LogP contribution in [0.25, 0.3) is 0 Å². The van der Waals surface area contributed by atoms with Crippen LogP contribution in [0.2, 0.25) is 0 Å². The second-order valence-electron chi connectivity index (χ2n) is 5.99. The third-order valence-corrected chi connectivity index (χ3v) is 4.41. The third kappa shape index (κ3) is 5.59. The average molecular weight is 327 g/mol. The summed E-state index contributed by atoms with van der Waals surface area (Å²) in [5, 5.41) is 15.7. The Morgan fingerprint density at radius 3 is 2.77 bits per heavy atom. The van der Waals surface area contributed by atoms with Crippen LogP contribution in [-0.4, -0.2) is 24.1 Å². The summed E-state index contributed by atoms with van der Waals surface area (Å²) in [5.41, 5.74) is 1.86. The van der Waals surface area contributed by atoms with Gasteiger partial charge >= 0.3 is 0 Å². The lowest BCUT2D eigenvalue weighted by atomic mass is 9.85. The number of rotatable bonds is 6. The van der Waals surface area contributed by atoms with Gasteiger partial charge in [0.1, 0.15) is 0 Å². The molecule has 5 heteroatoms. The SMILES string of the molecule is CC(CC(=O)NCc1ccccc1CO)C1CCCNC1.Cl. The molecule has 1 aliphatic rings. The topological polar surface area (TPSA) is 61.4 Å². The first-order chi connectivity index (χ1) is 10.2. The molecule has 2 unspecified atom stereocenters. The van der Waals surface area contributed by atoms with Gasteiger partial charge in [0.15, 0.2) is 0 Å². The zero-order valence-electron chi connectivity index (χ0n) is 13.2.